The Morgan fingerprint density at radius 1 is 0.577 bits per heavy atom. The normalized spacial score (nSPS) is 10.2. The van der Waals surface area contributed by atoms with Crippen molar-refractivity contribution >= 4 is 35.1 Å². The van der Waals surface area contributed by atoms with E-state index in [1.807, 2.05) is 0 Å². The zero-order valence-electron chi connectivity index (χ0n) is 13.3. The minimum atomic E-state index is -0.580. The maximum Gasteiger partial charge on any atom is 0.343 e. The summed E-state index contributed by atoms with van der Waals surface area (Å²) in [7, 11) is 0. The van der Waals surface area contributed by atoms with Crippen LogP contribution in [0.25, 0.3) is 0 Å². The number of ether oxygens (including phenoxy) is 2. The quantitative estimate of drug-likeness (QED) is 0.442. The smallest absolute Gasteiger partial charge is 0.343 e. The highest BCUT2D eigenvalue weighted by Gasteiger charge is 2.14. The molecule has 0 aliphatic heterocycles. The van der Waals surface area contributed by atoms with E-state index >= 15 is 0 Å². The van der Waals surface area contributed by atoms with Gasteiger partial charge in [0, 0.05) is 0 Å². The highest BCUT2D eigenvalue weighted by molar-refractivity contribution is 6.32. The van der Waals surface area contributed by atoms with Crippen LogP contribution in [0, 0.1) is 0 Å². The fraction of sp³-hybridized carbons (Fsp3) is 0. The van der Waals surface area contributed by atoms with Gasteiger partial charge in [-0.2, -0.15) is 0 Å². The van der Waals surface area contributed by atoms with Crippen molar-refractivity contribution in [2.75, 3.05) is 0 Å². The molecule has 6 heteroatoms. The van der Waals surface area contributed by atoms with Crippen molar-refractivity contribution in [3.05, 3.63) is 94.0 Å². The number of rotatable bonds is 4. The van der Waals surface area contributed by atoms with Gasteiger partial charge in [-0.15, -0.1) is 0 Å². The van der Waals surface area contributed by atoms with Crippen LogP contribution in [-0.2, 0) is 0 Å². The van der Waals surface area contributed by atoms with Crippen LogP contribution in [0.3, 0.4) is 0 Å². The minimum Gasteiger partial charge on any atom is -0.421 e. The number of halogens is 2. The molecule has 0 aliphatic rings. The molecule has 0 radical (unpaired) electrons. The van der Waals surface area contributed by atoms with Crippen molar-refractivity contribution in [3.8, 4) is 11.5 Å². The van der Waals surface area contributed by atoms with Gasteiger partial charge in [-0.25, -0.2) is 9.59 Å². The predicted octanol–water partition coefficient (Wildman–Crippen LogP) is 5.43. The largest absolute Gasteiger partial charge is 0.421 e. The molecule has 0 saturated heterocycles. The van der Waals surface area contributed by atoms with Gasteiger partial charge < -0.3 is 9.47 Å². The number of esters is 2. The molecule has 3 rings (SSSR count). The van der Waals surface area contributed by atoms with Crippen molar-refractivity contribution in [1.29, 1.82) is 0 Å². The molecule has 3 aromatic rings. The van der Waals surface area contributed by atoms with E-state index in [2.05, 4.69) is 0 Å². The van der Waals surface area contributed by atoms with Gasteiger partial charge >= 0.3 is 11.9 Å². The molecule has 0 atom stereocenters. The van der Waals surface area contributed by atoms with E-state index in [4.69, 9.17) is 32.7 Å². The summed E-state index contributed by atoms with van der Waals surface area (Å²) >= 11 is 11.9. The van der Waals surface area contributed by atoms with Gasteiger partial charge in [0.05, 0.1) is 21.2 Å². The number of hydrogen-bond acceptors (Lipinski definition) is 4. The topological polar surface area (TPSA) is 52.6 Å². The Labute approximate surface area is 159 Å². The van der Waals surface area contributed by atoms with Gasteiger partial charge in [-0.1, -0.05) is 47.5 Å². The van der Waals surface area contributed by atoms with Crippen LogP contribution >= 0.6 is 23.2 Å². The number of hydrogen-bond donors (Lipinski definition) is 0. The van der Waals surface area contributed by atoms with Gasteiger partial charge in [0.25, 0.3) is 0 Å². The summed E-state index contributed by atoms with van der Waals surface area (Å²) in [5.74, 6) is -0.629. The van der Waals surface area contributed by atoms with Crippen molar-refractivity contribution < 1.29 is 19.1 Å². The Kier molecular flexibility index (Phi) is 5.56. The molecule has 0 fully saturated rings. The van der Waals surface area contributed by atoms with Gasteiger partial charge in [0.15, 0.2) is 0 Å². The lowest BCUT2D eigenvalue weighted by molar-refractivity contribution is 0.0720. The second-order valence-corrected chi connectivity index (χ2v) is 6.03. The Bertz CT molecular complexity index is 874. The minimum absolute atomic E-state index is 0.265. The first-order chi connectivity index (χ1) is 12.5. The van der Waals surface area contributed by atoms with Crippen molar-refractivity contribution in [1.82, 2.24) is 0 Å². The molecule has 4 nitrogen and oxygen atoms in total. The third-order valence-corrected chi connectivity index (χ3v) is 4.06. The van der Waals surface area contributed by atoms with Crippen LogP contribution in [0.4, 0.5) is 0 Å². The SMILES string of the molecule is O=C(Oc1ccccc1Cl)c1ccc(C(=O)Oc2ccccc2Cl)cc1. The van der Waals surface area contributed by atoms with Gasteiger partial charge in [-0.3, -0.25) is 0 Å². The van der Waals surface area contributed by atoms with E-state index in [0.29, 0.717) is 10.0 Å². The van der Waals surface area contributed by atoms with E-state index in [1.165, 1.54) is 24.3 Å². The third kappa shape index (κ3) is 4.23. The first-order valence-electron chi connectivity index (χ1n) is 7.58. The van der Waals surface area contributed by atoms with Crippen molar-refractivity contribution in [3.63, 3.8) is 0 Å². The second kappa shape index (κ2) is 8.04. The van der Waals surface area contributed by atoms with E-state index in [0.717, 1.165) is 0 Å². The van der Waals surface area contributed by atoms with Crippen LogP contribution in [-0.4, -0.2) is 11.9 Å². The molecule has 26 heavy (non-hydrogen) atoms. The molecular formula is C20H12Cl2O4. The van der Waals surface area contributed by atoms with Crippen molar-refractivity contribution in [2.24, 2.45) is 0 Å². The third-order valence-electron chi connectivity index (χ3n) is 3.43. The molecule has 0 N–H and O–H groups in total. The van der Waals surface area contributed by atoms with Crippen LogP contribution < -0.4 is 9.47 Å². The molecule has 0 saturated carbocycles. The lowest BCUT2D eigenvalue weighted by atomic mass is 10.1. The van der Waals surface area contributed by atoms with E-state index in [1.54, 1.807) is 48.5 Å². The summed E-state index contributed by atoms with van der Waals surface area (Å²) in [6, 6.07) is 19.2. The first kappa shape index (κ1) is 18.0. The van der Waals surface area contributed by atoms with Gasteiger partial charge in [0.1, 0.15) is 11.5 Å². The summed E-state index contributed by atoms with van der Waals surface area (Å²) in [5.41, 5.74) is 0.554. The molecule has 0 unspecified atom stereocenters. The van der Waals surface area contributed by atoms with E-state index in [9.17, 15) is 9.59 Å². The lowest BCUT2D eigenvalue weighted by Crippen LogP contribution is -2.11. The summed E-state index contributed by atoms with van der Waals surface area (Å²) in [5, 5.41) is 0.668. The Hall–Kier alpha value is -2.82. The van der Waals surface area contributed by atoms with E-state index < -0.39 is 11.9 Å². The molecule has 0 spiro atoms. The average Bonchev–Trinajstić information content (AvgIpc) is 2.65. The Balaban J connectivity index is 1.70. The van der Waals surface area contributed by atoms with Crippen LogP contribution in [0.2, 0.25) is 10.0 Å². The standard InChI is InChI=1S/C20H12Cl2O4/c21-15-5-1-3-7-17(15)25-19(23)13-9-11-14(12-10-13)20(24)26-18-8-4-2-6-16(18)22/h1-12H. The fourth-order valence-corrected chi connectivity index (χ4v) is 2.46. The summed E-state index contributed by atoms with van der Waals surface area (Å²) in [4.78, 5) is 24.3. The zero-order chi connectivity index (χ0) is 18.5. The second-order valence-electron chi connectivity index (χ2n) is 5.22. The number of carbonyl (C=O) groups excluding carboxylic acids is 2. The molecule has 0 aromatic heterocycles. The van der Waals surface area contributed by atoms with Gasteiger partial charge in [-0.05, 0) is 48.5 Å². The molecule has 0 bridgehead atoms. The summed E-state index contributed by atoms with van der Waals surface area (Å²) in [6.45, 7) is 0. The van der Waals surface area contributed by atoms with Crippen LogP contribution in [0.15, 0.2) is 72.8 Å². The van der Waals surface area contributed by atoms with Crippen LogP contribution in [0.5, 0.6) is 11.5 Å². The highest BCUT2D eigenvalue weighted by Crippen LogP contribution is 2.25. The monoisotopic (exact) mass is 386 g/mol. The molecule has 3 aromatic carbocycles. The molecule has 0 amide bonds. The number of para-hydroxylation sites is 2. The zero-order valence-corrected chi connectivity index (χ0v) is 14.8. The van der Waals surface area contributed by atoms with Crippen molar-refractivity contribution in [2.45, 2.75) is 0 Å². The fourth-order valence-electron chi connectivity index (χ4n) is 2.11. The summed E-state index contributed by atoms with van der Waals surface area (Å²) < 4.78 is 10.5. The predicted molar refractivity (Wildman–Crippen MR) is 99.3 cm³/mol. The number of carbonyl (C=O) groups is 2. The van der Waals surface area contributed by atoms with Crippen LogP contribution in [0.1, 0.15) is 20.7 Å². The molecule has 130 valence electrons. The highest BCUT2D eigenvalue weighted by atomic mass is 35.5. The summed E-state index contributed by atoms with van der Waals surface area (Å²) in [6.07, 6.45) is 0. The maximum absolute atomic E-state index is 12.2. The first-order valence-corrected chi connectivity index (χ1v) is 8.33. The van der Waals surface area contributed by atoms with E-state index in [-0.39, 0.29) is 22.6 Å². The number of benzene rings is 3. The molecule has 0 heterocycles. The Morgan fingerprint density at radius 2 is 0.923 bits per heavy atom. The average molecular weight is 387 g/mol. The maximum atomic E-state index is 12.2. The molecule has 0 aliphatic carbocycles. The molecular weight excluding hydrogens is 375 g/mol. The Morgan fingerprint density at radius 3 is 1.27 bits per heavy atom. The van der Waals surface area contributed by atoms with Gasteiger partial charge in [0.2, 0.25) is 0 Å². The lowest BCUT2D eigenvalue weighted by Gasteiger charge is -2.08.